The van der Waals surface area contributed by atoms with E-state index >= 15 is 0 Å². The van der Waals surface area contributed by atoms with Gasteiger partial charge in [0.15, 0.2) is 5.78 Å². The third-order valence-corrected chi connectivity index (χ3v) is 4.07. The Morgan fingerprint density at radius 2 is 1.80 bits per heavy atom. The number of carbonyl (C=O) groups excluding carboxylic acids is 1. The van der Waals surface area contributed by atoms with Gasteiger partial charge in [0.05, 0.1) is 11.2 Å². The molecule has 4 nitrogen and oxygen atoms in total. The molecular weight excluding hydrogens is 253 g/mol. The molecule has 5 heteroatoms. The average molecular weight is 275 g/mol. The molecule has 0 spiro atoms. The van der Waals surface area contributed by atoms with E-state index in [4.69, 9.17) is 9.31 Å². The Morgan fingerprint density at radius 3 is 2.25 bits per heavy atom. The van der Waals surface area contributed by atoms with Crippen LogP contribution in [0, 0.1) is 0 Å². The van der Waals surface area contributed by atoms with E-state index in [1.807, 2.05) is 40.7 Å². The average Bonchev–Trinajstić information content (AvgIpc) is 2.59. The first-order valence-corrected chi connectivity index (χ1v) is 7.11. The zero-order chi connectivity index (χ0) is 15.0. The molecule has 0 unspecified atom stereocenters. The first-order chi connectivity index (χ1) is 9.27. The van der Waals surface area contributed by atoms with E-state index in [1.54, 1.807) is 12.3 Å². The Balaban J connectivity index is 2.14. The lowest BCUT2D eigenvalue weighted by Gasteiger charge is -2.32. The van der Waals surface area contributed by atoms with Crippen LogP contribution in [0.3, 0.4) is 0 Å². The van der Waals surface area contributed by atoms with E-state index < -0.39 is 7.12 Å². The second-order valence-electron chi connectivity index (χ2n) is 6.24. The standard InChI is InChI=1S/C15H22BNO3/c1-6-7-13(18)12-9-8-11(10-17-12)16-19-14(2,3)15(4,5)20-16/h8-10H,6-7H2,1-5H3. The fourth-order valence-electron chi connectivity index (χ4n) is 2.04. The van der Waals surface area contributed by atoms with Gasteiger partial charge in [-0.15, -0.1) is 0 Å². The maximum Gasteiger partial charge on any atom is 0.496 e. The van der Waals surface area contributed by atoms with Gasteiger partial charge in [0.1, 0.15) is 5.69 Å². The van der Waals surface area contributed by atoms with Crippen molar-refractivity contribution >= 4 is 18.4 Å². The minimum absolute atomic E-state index is 0.0768. The Bertz CT molecular complexity index is 480. The molecule has 0 aromatic carbocycles. The Morgan fingerprint density at radius 1 is 1.20 bits per heavy atom. The Kier molecular flexibility index (Phi) is 4.03. The number of hydrogen-bond acceptors (Lipinski definition) is 4. The highest BCUT2D eigenvalue weighted by Gasteiger charge is 2.51. The number of Topliss-reactive ketones (excluding diaryl/α,β-unsaturated/α-hetero) is 1. The normalized spacial score (nSPS) is 20.1. The maximum atomic E-state index is 11.8. The van der Waals surface area contributed by atoms with Crippen molar-refractivity contribution < 1.29 is 14.1 Å². The summed E-state index contributed by atoms with van der Waals surface area (Å²) in [6, 6.07) is 3.61. The molecule has 1 saturated heterocycles. The molecule has 1 aliphatic heterocycles. The molecule has 0 bridgehead atoms. The number of carbonyl (C=O) groups is 1. The predicted octanol–water partition coefficient (Wildman–Crippen LogP) is 2.36. The van der Waals surface area contributed by atoms with Crippen molar-refractivity contribution in [3.8, 4) is 0 Å². The zero-order valence-corrected chi connectivity index (χ0v) is 12.9. The summed E-state index contributed by atoms with van der Waals surface area (Å²) in [5, 5.41) is 0. The molecule has 0 amide bonds. The van der Waals surface area contributed by atoms with Gasteiger partial charge in [-0.3, -0.25) is 9.78 Å². The molecule has 1 aliphatic rings. The summed E-state index contributed by atoms with van der Waals surface area (Å²) < 4.78 is 11.9. The molecule has 0 saturated carbocycles. The van der Waals surface area contributed by atoms with Crippen LogP contribution in [0.4, 0.5) is 0 Å². The lowest BCUT2D eigenvalue weighted by Crippen LogP contribution is -2.41. The Hall–Kier alpha value is -1.20. The van der Waals surface area contributed by atoms with Crippen molar-refractivity contribution in [2.24, 2.45) is 0 Å². The summed E-state index contributed by atoms with van der Waals surface area (Å²) in [5.74, 6) is 0.0768. The largest absolute Gasteiger partial charge is 0.496 e. The number of hydrogen-bond donors (Lipinski definition) is 0. The van der Waals surface area contributed by atoms with Crippen LogP contribution < -0.4 is 5.46 Å². The maximum absolute atomic E-state index is 11.8. The molecule has 0 atom stereocenters. The molecule has 1 aromatic rings. The van der Waals surface area contributed by atoms with E-state index in [1.165, 1.54) is 0 Å². The van der Waals surface area contributed by atoms with Crippen LogP contribution in [0.5, 0.6) is 0 Å². The predicted molar refractivity (Wildman–Crippen MR) is 79.2 cm³/mol. The number of ketones is 1. The highest BCUT2D eigenvalue weighted by molar-refractivity contribution is 6.62. The van der Waals surface area contributed by atoms with Gasteiger partial charge in [0, 0.05) is 18.1 Å². The lowest BCUT2D eigenvalue weighted by atomic mass is 9.80. The first-order valence-electron chi connectivity index (χ1n) is 7.11. The first kappa shape index (κ1) is 15.2. The number of pyridine rings is 1. The second-order valence-corrected chi connectivity index (χ2v) is 6.24. The summed E-state index contributed by atoms with van der Waals surface area (Å²) >= 11 is 0. The smallest absolute Gasteiger partial charge is 0.399 e. The number of nitrogens with zero attached hydrogens (tertiary/aromatic N) is 1. The third-order valence-electron chi connectivity index (χ3n) is 4.07. The monoisotopic (exact) mass is 275 g/mol. The van der Waals surface area contributed by atoms with E-state index in [0.29, 0.717) is 12.1 Å². The molecule has 108 valence electrons. The van der Waals surface area contributed by atoms with E-state index in [2.05, 4.69) is 4.98 Å². The van der Waals surface area contributed by atoms with Crippen LogP contribution in [0.2, 0.25) is 0 Å². The van der Waals surface area contributed by atoms with Gasteiger partial charge in [0.2, 0.25) is 0 Å². The van der Waals surface area contributed by atoms with Crippen LogP contribution in [-0.4, -0.2) is 29.1 Å². The van der Waals surface area contributed by atoms with Gasteiger partial charge in [0.25, 0.3) is 0 Å². The number of aromatic nitrogens is 1. The van der Waals surface area contributed by atoms with E-state index in [-0.39, 0.29) is 17.0 Å². The van der Waals surface area contributed by atoms with Crippen molar-refractivity contribution in [1.29, 1.82) is 0 Å². The molecule has 0 N–H and O–H groups in total. The molecule has 20 heavy (non-hydrogen) atoms. The van der Waals surface area contributed by atoms with Crippen LogP contribution in [0.25, 0.3) is 0 Å². The van der Waals surface area contributed by atoms with Crippen LogP contribution in [-0.2, 0) is 9.31 Å². The van der Waals surface area contributed by atoms with E-state index in [9.17, 15) is 4.79 Å². The molecule has 0 aliphatic carbocycles. The van der Waals surface area contributed by atoms with Crippen LogP contribution in [0.1, 0.15) is 57.9 Å². The second kappa shape index (κ2) is 5.30. The Labute approximate surface area is 121 Å². The van der Waals surface area contributed by atoms with Crippen molar-refractivity contribution in [3.63, 3.8) is 0 Å². The summed E-state index contributed by atoms with van der Waals surface area (Å²) in [6.45, 7) is 10.0. The highest BCUT2D eigenvalue weighted by atomic mass is 16.7. The summed E-state index contributed by atoms with van der Waals surface area (Å²) in [4.78, 5) is 16.0. The molecule has 1 fully saturated rings. The van der Waals surface area contributed by atoms with Gasteiger partial charge in [-0.05, 0) is 40.2 Å². The van der Waals surface area contributed by atoms with Crippen molar-refractivity contribution in [3.05, 3.63) is 24.0 Å². The molecule has 2 rings (SSSR count). The van der Waals surface area contributed by atoms with Crippen molar-refractivity contribution in [2.45, 2.75) is 58.7 Å². The summed E-state index contributed by atoms with van der Waals surface area (Å²) in [5.41, 5.74) is 0.617. The van der Waals surface area contributed by atoms with Gasteiger partial charge >= 0.3 is 7.12 Å². The van der Waals surface area contributed by atoms with Crippen LogP contribution >= 0.6 is 0 Å². The molecule has 1 aromatic heterocycles. The van der Waals surface area contributed by atoms with Crippen molar-refractivity contribution in [1.82, 2.24) is 4.98 Å². The minimum Gasteiger partial charge on any atom is -0.399 e. The van der Waals surface area contributed by atoms with Gasteiger partial charge < -0.3 is 9.31 Å². The molecule has 2 heterocycles. The SMILES string of the molecule is CCCC(=O)c1ccc(B2OC(C)(C)C(C)(C)O2)cn1. The fourth-order valence-corrected chi connectivity index (χ4v) is 2.04. The quantitative estimate of drug-likeness (QED) is 0.625. The highest BCUT2D eigenvalue weighted by Crippen LogP contribution is 2.36. The molecule has 0 radical (unpaired) electrons. The topological polar surface area (TPSA) is 48.4 Å². The van der Waals surface area contributed by atoms with Gasteiger partial charge in [-0.1, -0.05) is 13.0 Å². The van der Waals surface area contributed by atoms with Crippen LogP contribution in [0.15, 0.2) is 18.3 Å². The summed E-state index contributed by atoms with van der Waals surface area (Å²) in [7, 11) is -0.428. The zero-order valence-electron chi connectivity index (χ0n) is 12.9. The van der Waals surface area contributed by atoms with Gasteiger partial charge in [-0.2, -0.15) is 0 Å². The van der Waals surface area contributed by atoms with E-state index in [0.717, 1.165) is 11.9 Å². The third kappa shape index (κ3) is 2.79. The number of rotatable bonds is 4. The lowest BCUT2D eigenvalue weighted by molar-refractivity contribution is 0.00578. The molecular formula is C15H22BNO3. The summed E-state index contributed by atoms with van der Waals surface area (Å²) in [6.07, 6.45) is 3.04. The fraction of sp³-hybridized carbons (Fsp3) is 0.600. The van der Waals surface area contributed by atoms with Crippen molar-refractivity contribution in [2.75, 3.05) is 0 Å². The minimum atomic E-state index is -0.428. The van der Waals surface area contributed by atoms with Gasteiger partial charge in [-0.25, -0.2) is 0 Å².